The first-order valence-electron chi connectivity index (χ1n) is 8.56. The van der Waals surface area contributed by atoms with Gasteiger partial charge in [-0.2, -0.15) is 5.10 Å². The smallest absolute Gasteiger partial charge is 0.277 e. The van der Waals surface area contributed by atoms with E-state index in [2.05, 4.69) is 10.5 Å². The number of nitrogens with one attached hydrogen (secondary N) is 1. The third kappa shape index (κ3) is 6.54. The van der Waals surface area contributed by atoms with Crippen molar-refractivity contribution < 1.29 is 23.7 Å². The molecule has 144 valence electrons. The Bertz CT molecular complexity index is 777. The summed E-state index contributed by atoms with van der Waals surface area (Å²) in [6.07, 6.45) is 2.44. The van der Waals surface area contributed by atoms with Crippen LogP contribution in [0.25, 0.3) is 0 Å². The molecule has 27 heavy (non-hydrogen) atoms. The van der Waals surface area contributed by atoms with E-state index in [4.69, 9.17) is 18.9 Å². The van der Waals surface area contributed by atoms with Crippen molar-refractivity contribution in [3.63, 3.8) is 0 Å². The summed E-state index contributed by atoms with van der Waals surface area (Å²) < 4.78 is 21.4. The number of carbonyl (C=O) groups excluding carboxylic acids is 1. The summed E-state index contributed by atoms with van der Waals surface area (Å²) in [5.74, 6) is 2.11. The van der Waals surface area contributed by atoms with Gasteiger partial charge in [0.05, 0.1) is 27.0 Å². The molecule has 0 atom stereocenters. The first kappa shape index (κ1) is 20.1. The van der Waals surface area contributed by atoms with Crippen LogP contribution in [0.15, 0.2) is 47.6 Å². The molecule has 0 fully saturated rings. The van der Waals surface area contributed by atoms with Crippen molar-refractivity contribution in [1.82, 2.24) is 5.43 Å². The van der Waals surface area contributed by atoms with Crippen LogP contribution in [-0.2, 0) is 4.79 Å². The number of nitrogens with zero attached hydrogens (tertiary/aromatic N) is 1. The maximum absolute atomic E-state index is 11.8. The molecule has 1 N–H and O–H groups in total. The van der Waals surface area contributed by atoms with Gasteiger partial charge in [0, 0.05) is 6.07 Å². The Labute approximate surface area is 158 Å². The highest BCUT2D eigenvalue weighted by molar-refractivity contribution is 5.83. The molecule has 0 saturated carbocycles. The fraction of sp³-hybridized carbons (Fsp3) is 0.300. The number of hydrogen-bond acceptors (Lipinski definition) is 6. The summed E-state index contributed by atoms with van der Waals surface area (Å²) in [7, 11) is 3.14. The van der Waals surface area contributed by atoms with Crippen LogP contribution < -0.4 is 24.4 Å². The first-order chi connectivity index (χ1) is 13.2. The largest absolute Gasteiger partial charge is 0.497 e. The molecule has 0 bridgehead atoms. The van der Waals surface area contributed by atoms with Crippen molar-refractivity contribution in [2.45, 2.75) is 13.3 Å². The maximum atomic E-state index is 11.8. The van der Waals surface area contributed by atoms with E-state index in [-0.39, 0.29) is 12.5 Å². The molecule has 7 nitrogen and oxygen atoms in total. The minimum atomic E-state index is -0.371. The van der Waals surface area contributed by atoms with Gasteiger partial charge in [-0.3, -0.25) is 4.79 Å². The third-order valence-electron chi connectivity index (χ3n) is 3.46. The fourth-order valence-corrected chi connectivity index (χ4v) is 2.15. The summed E-state index contributed by atoms with van der Waals surface area (Å²) in [5, 5.41) is 3.93. The van der Waals surface area contributed by atoms with Crippen LogP contribution in [-0.4, -0.2) is 39.6 Å². The van der Waals surface area contributed by atoms with E-state index in [9.17, 15) is 4.79 Å². The first-order valence-corrected chi connectivity index (χ1v) is 8.56. The number of hydrazone groups is 1. The molecule has 2 aromatic carbocycles. The second kappa shape index (κ2) is 10.7. The Morgan fingerprint density at radius 3 is 2.59 bits per heavy atom. The summed E-state index contributed by atoms with van der Waals surface area (Å²) in [6, 6.07) is 12.4. The van der Waals surface area contributed by atoms with E-state index in [1.54, 1.807) is 44.6 Å². The predicted octanol–water partition coefficient (Wildman–Crippen LogP) is 3.02. The van der Waals surface area contributed by atoms with Gasteiger partial charge >= 0.3 is 0 Å². The lowest BCUT2D eigenvalue weighted by atomic mass is 10.2. The zero-order valence-corrected chi connectivity index (χ0v) is 15.7. The molecule has 0 aliphatic heterocycles. The molecule has 7 heteroatoms. The Morgan fingerprint density at radius 2 is 1.85 bits per heavy atom. The SMILES string of the molecule is CCCOc1ccc(/C=N/NC(=O)COc2cccc(OC)c2)cc1OC. The number of carbonyl (C=O) groups is 1. The third-order valence-corrected chi connectivity index (χ3v) is 3.46. The van der Waals surface area contributed by atoms with Crippen LogP contribution in [0.2, 0.25) is 0 Å². The molecule has 0 aromatic heterocycles. The van der Waals surface area contributed by atoms with Crippen molar-refractivity contribution >= 4 is 12.1 Å². The van der Waals surface area contributed by atoms with Crippen molar-refractivity contribution in [2.24, 2.45) is 5.10 Å². The quantitative estimate of drug-likeness (QED) is 0.512. The average molecular weight is 372 g/mol. The van der Waals surface area contributed by atoms with E-state index in [1.165, 1.54) is 6.21 Å². The van der Waals surface area contributed by atoms with Crippen molar-refractivity contribution in [3.05, 3.63) is 48.0 Å². The van der Waals surface area contributed by atoms with Crippen LogP contribution in [0.5, 0.6) is 23.0 Å². The standard InChI is InChI=1S/C20H24N2O5/c1-4-10-26-18-9-8-15(11-19(18)25-3)13-21-22-20(23)14-27-17-7-5-6-16(12-17)24-2/h5-9,11-13H,4,10,14H2,1-3H3,(H,22,23)/b21-13+. The van der Waals surface area contributed by atoms with E-state index in [0.717, 1.165) is 12.0 Å². The van der Waals surface area contributed by atoms with Gasteiger partial charge in [-0.1, -0.05) is 13.0 Å². The number of rotatable bonds is 10. The highest BCUT2D eigenvalue weighted by atomic mass is 16.5. The maximum Gasteiger partial charge on any atom is 0.277 e. The second-order valence-corrected chi connectivity index (χ2v) is 5.52. The van der Waals surface area contributed by atoms with E-state index in [0.29, 0.717) is 29.6 Å². The summed E-state index contributed by atoms with van der Waals surface area (Å²) in [4.78, 5) is 11.8. The summed E-state index contributed by atoms with van der Waals surface area (Å²) in [6.45, 7) is 2.50. The molecule has 0 unspecified atom stereocenters. The van der Waals surface area contributed by atoms with Gasteiger partial charge in [0.25, 0.3) is 5.91 Å². The Hall–Kier alpha value is -3.22. The topological polar surface area (TPSA) is 78.4 Å². The lowest BCUT2D eigenvalue weighted by molar-refractivity contribution is -0.123. The summed E-state index contributed by atoms with van der Waals surface area (Å²) in [5.41, 5.74) is 3.19. The minimum absolute atomic E-state index is 0.155. The van der Waals surface area contributed by atoms with E-state index in [1.807, 2.05) is 19.1 Å². The molecule has 0 spiro atoms. The lowest BCUT2D eigenvalue weighted by Crippen LogP contribution is -2.24. The van der Waals surface area contributed by atoms with Gasteiger partial charge in [-0.15, -0.1) is 0 Å². The highest BCUT2D eigenvalue weighted by Gasteiger charge is 2.05. The average Bonchev–Trinajstić information content (AvgIpc) is 2.71. The molecule has 2 rings (SSSR count). The van der Waals surface area contributed by atoms with Crippen LogP contribution >= 0.6 is 0 Å². The lowest BCUT2D eigenvalue weighted by Gasteiger charge is -2.10. The molecule has 0 aliphatic carbocycles. The van der Waals surface area contributed by atoms with Crippen molar-refractivity contribution in [2.75, 3.05) is 27.4 Å². The predicted molar refractivity (Wildman–Crippen MR) is 103 cm³/mol. The number of ether oxygens (including phenoxy) is 4. The fourth-order valence-electron chi connectivity index (χ4n) is 2.15. The van der Waals surface area contributed by atoms with Crippen LogP contribution in [0.3, 0.4) is 0 Å². The van der Waals surface area contributed by atoms with E-state index >= 15 is 0 Å². The van der Waals surface area contributed by atoms with Crippen molar-refractivity contribution in [1.29, 1.82) is 0 Å². The van der Waals surface area contributed by atoms with Gasteiger partial charge in [-0.05, 0) is 42.3 Å². The van der Waals surface area contributed by atoms with Gasteiger partial charge in [0.2, 0.25) is 0 Å². The molecule has 0 saturated heterocycles. The normalized spacial score (nSPS) is 10.5. The number of benzene rings is 2. The molecule has 0 heterocycles. The van der Waals surface area contributed by atoms with Gasteiger partial charge in [0.15, 0.2) is 18.1 Å². The number of amides is 1. The Morgan fingerprint density at radius 1 is 1.04 bits per heavy atom. The highest BCUT2D eigenvalue weighted by Crippen LogP contribution is 2.27. The van der Waals surface area contributed by atoms with E-state index < -0.39 is 0 Å². The zero-order valence-electron chi connectivity index (χ0n) is 15.7. The zero-order chi connectivity index (χ0) is 19.5. The Kier molecular flexibility index (Phi) is 7.96. The summed E-state index contributed by atoms with van der Waals surface area (Å²) >= 11 is 0. The van der Waals surface area contributed by atoms with Gasteiger partial charge < -0.3 is 18.9 Å². The molecular weight excluding hydrogens is 348 g/mol. The van der Waals surface area contributed by atoms with Gasteiger partial charge in [-0.25, -0.2) is 5.43 Å². The number of methoxy groups -OCH3 is 2. The second-order valence-electron chi connectivity index (χ2n) is 5.52. The molecule has 0 aliphatic rings. The van der Waals surface area contributed by atoms with Crippen molar-refractivity contribution in [3.8, 4) is 23.0 Å². The Balaban J connectivity index is 1.85. The number of hydrogen-bond donors (Lipinski definition) is 1. The van der Waals surface area contributed by atoms with Crippen LogP contribution in [0.4, 0.5) is 0 Å². The molecule has 2 aromatic rings. The monoisotopic (exact) mass is 372 g/mol. The van der Waals surface area contributed by atoms with Crippen LogP contribution in [0.1, 0.15) is 18.9 Å². The molecule has 0 radical (unpaired) electrons. The van der Waals surface area contributed by atoms with Crippen LogP contribution in [0, 0.1) is 0 Å². The van der Waals surface area contributed by atoms with Gasteiger partial charge in [0.1, 0.15) is 11.5 Å². The molecule has 1 amide bonds. The minimum Gasteiger partial charge on any atom is -0.497 e. The molecular formula is C20H24N2O5.